The van der Waals surface area contributed by atoms with Gasteiger partial charge in [0.2, 0.25) is 0 Å². The number of ether oxygens (including phenoxy) is 2. The van der Waals surface area contributed by atoms with E-state index in [-0.39, 0.29) is 12.0 Å². The zero-order valence-corrected chi connectivity index (χ0v) is 14.5. The molecule has 6 nitrogen and oxygen atoms in total. The van der Waals surface area contributed by atoms with Gasteiger partial charge in [-0.15, -0.1) is 0 Å². The highest BCUT2D eigenvalue weighted by Gasteiger charge is 2.16. The quantitative estimate of drug-likeness (QED) is 0.753. The molecule has 134 valence electrons. The van der Waals surface area contributed by atoms with Gasteiger partial charge in [-0.3, -0.25) is 4.79 Å². The van der Waals surface area contributed by atoms with Crippen LogP contribution < -0.4 is 10.1 Å². The summed E-state index contributed by atoms with van der Waals surface area (Å²) in [5, 5.41) is 2.88. The van der Waals surface area contributed by atoms with E-state index in [4.69, 9.17) is 13.9 Å². The summed E-state index contributed by atoms with van der Waals surface area (Å²) in [4.78, 5) is 16.8. The molecule has 1 aliphatic heterocycles. The standard InChI is InChI=1S/C20H20N2O4/c1-13-21-18-11-15(7-8-19(18)26-13)22-20(23)14-4-2-5-16(10-14)25-12-17-6-3-9-24-17/h2,4-5,7-8,10-11,17H,3,6,9,12H2,1H3,(H,22,23). The molecule has 1 aromatic heterocycles. The third-order valence-electron chi connectivity index (χ3n) is 4.31. The Labute approximate surface area is 151 Å². The number of hydrogen-bond donors (Lipinski definition) is 1. The van der Waals surface area contributed by atoms with Crippen LogP contribution in [0.4, 0.5) is 5.69 Å². The Hall–Kier alpha value is -2.86. The van der Waals surface area contributed by atoms with E-state index in [0.29, 0.717) is 40.6 Å². The second-order valence-electron chi connectivity index (χ2n) is 6.34. The number of rotatable bonds is 5. The summed E-state index contributed by atoms with van der Waals surface area (Å²) in [5.74, 6) is 1.06. The minimum absolute atomic E-state index is 0.144. The lowest BCUT2D eigenvalue weighted by atomic mass is 10.2. The zero-order valence-electron chi connectivity index (χ0n) is 14.5. The maximum absolute atomic E-state index is 12.5. The normalized spacial score (nSPS) is 16.7. The number of carbonyl (C=O) groups excluding carboxylic acids is 1. The molecule has 0 saturated carbocycles. The van der Waals surface area contributed by atoms with Gasteiger partial charge in [0.05, 0.1) is 6.10 Å². The lowest BCUT2D eigenvalue weighted by Gasteiger charge is -2.12. The molecule has 1 amide bonds. The monoisotopic (exact) mass is 352 g/mol. The number of aryl methyl sites for hydroxylation is 1. The van der Waals surface area contributed by atoms with Gasteiger partial charge in [-0.05, 0) is 49.2 Å². The minimum Gasteiger partial charge on any atom is -0.491 e. The van der Waals surface area contributed by atoms with Crippen LogP contribution in [0.3, 0.4) is 0 Å². The maximum atomic E-state index is 12.5. The van der Waals surface area contributed by atoms with Crippen molar-refractivity contribution in [2.24, 2.45) is 0 Å². The minimum atomic E-state index is -0.202. The zero-order chi connectivity index (χ0) is 17.9. The molecular formula is C20H20N2O4. The van der Waals surface area contributed by atoms with Gasteiger partial charge in [0.25, 0.3) is 5.91 Å². The Morgan fingerprint density at radius 2 is 2.23 bits per heavy atom. The van der Waals surface area contributed by atoms with Gasteiger partial charge >= 0.3 is 0 Å². The van der Waals surface area contributed by atoms with Gasteiger partial charge in [0, 0.05) is 24.8 Å². The topological polar surface area (TPSA) is 73.6 Å². The molecule has 26 heavy (non-hydrogen) atoms. The average Bonchev–Trinajstić information content (AvgIpc) is 3.28. The number of nitrogens with one attached hydrogen (secondary N) is 1. The van der Waals surface area contributed by atoms with Crippen LogP contribution in [-0.4, -0.2) is 30.2 Å². The van der Waals surface area contributed by atoms with Crippen molar-refractivity contribution in [2.45, 2.75) is 25.9 Å². The van der Waals surface area contributed by atoms with Crippen molar-refractivity contribution in [3.8, 4) is 5.75 Å². The first kappa shape index (κ1) is 16.6. The van der Waals surface area contributed by atoms with Crippen molar-refractivity contribution in [3.05, 3.63) is 53.9 Å². The molecule has 0 spiro atoms. The van der Waals surface area contributed by atoms with Crippen LogP contribution in [-0.2, 0) is 4.74 Å². The van der Waals surface area contributed by atoms with Crippen LogP contribution in [0.5, 0.6) is 5.75 Å². The summed E-state index contributed by atoms with van der Waals surface area (Å²) >= 11 is 0. The van der Waals surface area contributed by atoms with Crippen LogP contribution in [0.2, 0.25) is 0 Å². The van der Waals surface area contributed by atoms with Crippen molar-refractivity contribution in [3.63, 3.8) is 0 Å². The summed E-state index contributed by atoms with van der Waals surface area (Å²) < 4.78 is 16.8. The second kappa shape index (κ2) is 7.17. The fraction of sp³-hybridized carbons (Fsp3) is 0.300. The molecule has 3 aromatic rings. The Morgan fingerprint density at radius 1 is 1.31 bits per heavy atom. The van der Waals surface area contributed by atoms with E-state index in [1.165, 1.54) is 0 Å². The van der Waals surface area contributed by atoms with Crippen molar-refractivity contribution in [1.82, 2.24) is 4.98 Å². The Bertz CT molecular complexity index is 928. The van der Waals surface area contributed by atoms with Crippen molar-refractivity contribution in [1.29, 1.82) is 0 Å². The molecule has 2 aromatic carbocycles. The van der Waals surface area contributed by atoms with E-state index < -0.39 is 0 Å². The SMILES string of the molecule is Cc1nc2cc(NC(=O)c3cccc(OCC4CCCO4)c3)ccc2o1. The van der Waals surface area contributed by atoms with Gasteiger partial charge < -0.3 is 19.2 Å². The number of benzene rings is 2. The Morgan fingerprint density at radius 3 is 3.08 bits per heavy atom. The van der Waals surface area contributed by atoms with E-state index >= 15 is 0 Å². The fourth-order valence-corrected chi connectivity index (χ4v) is 3.02. The highest BCUT2D eigenvalue weighted by molar-refractivity contribution is 6.05. The highest BCUT2D eigenvalue weighted by atomic mass is 16.5. The molecule has 4 rings (SSSR count). The third kappa shape index (κ3) is 3.70. The number of hydrogen-bond acceptors (Lipinski definition) is 5. The van der Waals surface area contributed by atoms with E-state index in [1.807, 2.05) is 12.1 Å². The summed E-state index contributed by atoms with van der Waals surface area (Å²) in [6, 6.07) is 12.5. The first-order chi connectivity index (χ1) is 12.7. The molecular weight excluding hydrogens is 332 g/mol. The second-order valence-corrected chi connectivity index (χ2v) is 6.34. The van der Waals surface area contributed by atoms with Gasteiger partial charge in [0.1, 0.15) is 17.9 Å². The van der Waals surface area contributed by atoms with E-state index in [2.05, 4.69) is 10.3 Å². The Balaban J connectivity index is 1.43. The molecule has 1 unspecified atom stereocenters. The van der Waals surface area contributed by atoms with Crippen molar-refractivity contribution >= 4 is 22.7 Å². The van der Waals surface area contributed by atoms with Gasteiger partial charge in [0.15, 0.2) is 11.5 Å². The molecule has 1 N–H and O–H groups in total. The molecule has 1 saturated heterocycles. The van der Waals surface area contributed by atoms with Crippen LogP contribution >= 0.6 is 0 Å². The summed E-state index contributed by atoms with van der Waals surface area (Å²) in [7, 11) is 0. The van der Waals surface area contributed by atoms with Gasteiger partial charge in [-0.2, -0.15) is 0 Å². The number of oxazole rings is 1. The molecule has 0 radical (unpaired) electrons. The maximum Gasteiger partial charge on any atom is 0.255 e. The smallest absolute Gasteiger partial charge is 0.255 e. The predicted molar refractivity (Wildman–Crippen MR) is 97.6 cm³/mol. The van der Waals surface area contributed by atoms with E-state index in [1.54, 1.807) is 37.3 Å². The predicted octanol–water partition coefficient (Wildman–Crippen LogP) is 3.95. The van der Waals surface area contributed by atoms with Crippen LogP contribution in [0.15, 0.2) is 46.9 Å². The molecule has 0 bridgehead atoms. The average molecular weight is 352 g/mol. The largest absolute Gasteiger partial charge is 0.491 e. The van der Waals surface area contributed by atoms with Gasteiger partial charge in [-0.1, -0.05) is 6.07 Å². The first-order valence-electron chi connectivity index (χ1n) is 8.70. The number of amides is 1. The first-order valence-corrected chi connectivity index (χ1v) is 8.70. The number of carbonyl (C=O) groups is 1. The lowest BCUT2D eigenvalue weighted by Crippen LogP contribution is -2.17. The third-order valence-corrected chi connectivity index (χ3v) is 4.31. The summed E-state index contributed by atoms with van der Waals surface area (Å²) in [6.45, 7) is 3.10. The molecule has 1 atom stereocenters. The molecule has 0 aliphatic carbocycles. The number of fused-ring (bicyclic) bond motifs is 1. The number of nitrogens with zero attached hydrogens (tertiary/aromatic N) is 1. The molecule has 1 fully saturated rings. The van der Waals surface area contributed by atoms with E-state index in [9.17, 15) is 4.79 Å². The molecule has 6 heteroatoms. The summed E-state index contributed by atoms with van der Waals surface area (Å²) in [5.41, 5.74) is 2.62. The van der Waals surface area contributed by atoms with Crippen LogP contribution in [0.1, 0.15) is 29.1 Å². The van der Waals surface area contributed by atoms with Crippen LogP contribution in [0.25, 0.3) is 11.1 Å². The number of aromatic nitrogens is 1. The van der Waals surface area contributed by atoms with Gasteiger partial charge in [-0.25, -0.2) is 4.98 Å². The van der Waals surface area contributed by atoms with Crippen LogP contribution in [0, 0.1) is 6.92 Å². The fourth-order valence-electron chi connectivity index (χ4n) is 3.02. The summed E-state index contributed by atoms with van der Waals surface area (Å²) in [6.07, 6.45) is 2.24. The van der Waals surface area contributed by atoms with Crippen molar-refractivity contribution < 1.29 is 18.7 Å². The Kier molecular flexibility index (Phi) is 4.58. The van der Waals surface area contributed by atoms with Crippen molar-refractivity contribution in [2.75, 3.05) is 18.5 Å². The highest BCUT2D eigenvalue weighted by Crippen LogP contribution is 2.21. The van der Waals surface area contributed by atoms with E-state index in [0.717, 1.165) is 19.4 Å². The molecule has 1 aliphatic rings. The lowest BCUT2D eigenvalue weighted by molar-refractivity contribution is 0.0679. The molecule has 2 heterocycles. The number of anilines is 1.